The summed E-state index contributed by atoms with van der Waals surface area (Å²) in [7, 11) is 0. The van der Waals surface area contributed by atoms with Crippen molar-refractivity contribution in [1.82, 2.24) is 5.32 Å². The number of rotatable bonds is 7. The molecule has 2 rings (SSSR count). The Hall–Kier alpha value is -1.74. The number of para-hydroxylation sites is 1. The van der Waals surface area contributed by atoms with Crippen LogP contribution in [0.5, 0.6) is 5.75 Å². The molecule has 0 saturated carbocycles. The van der Waals surface area contributed by atoms with E-state index in [0.29, 0.717) is 12.5 Å². The van der Waals surface area contributed by atoms with Gasteiger partial charge in [-0.05, 0) is 43.1 Å². The van der Waals surface area contributed by atoms with Crippen molar-refractivity contribution >= 4 is 0 Å². The Kier molecular flexibility index (Phi) is 5.24. The minimum Gasteiger partial charge on any atom is -0.485 e. The smallest absolute Gasteiger partial charge is 0.146 e. The van der Waals surface area contributed by atoms with E-state index in [9.17, 15) is 0 Å². The molecular weight excluding hydrogens is 250 g/mol. The lowest BCUT2D eigenvalue weighted by molar-refractivity contribution is 0.263. The van der Waals surface area contributed by atoms with Crippen LogP contribution in [0.15, 0.2) is 40.8 Å². The normalized spacial score (nSPS) is 11.0. The van der Waals surface area contributed by atoms with E-state index in [4.69, 9.17) is 9.15 Å². The molecule has 0 aliphatic carbocycles. The first kappa shape index (κ1) is 14.7. The third-order valence-electron chi connectivity index (χ3n) is 3.03. The largest absolute Gasteiger partial charge is 0.485 e. The molecule has 0 saturated heterocycles. The van der Waals surface area contributed by atoms with E-state index in [1.54, 1.807) is 0 Å². The van der Waals surface area contributed by atoms with Gasteiger partial charge in [-0.2, -0.15) is 0 Å². The first-order valence-corrected chi connectivity index (χ1v) is 7.12. The van der Waals surface area contributed by atoms with Crippen molar-refractivity contribution in [2.24, 2.45) is 5.92 Å². The molecule has 2 aromatic rings. The summed E-state index contributed by atoms with van der Waals surface area (Å²) in [6.45, 7) is 8.65. The zero-order valence-electron chi connectivity index (χ0n) is 12.5. The van der Waals surface area contributed by atoms with Crippen molar-refractivity contribution in [2.45, 2.75) is 33.9 Å². The molecule has 108 valence electrons. The molecule has 3 nitrogen and oxygen atoms in total. The monoisotopic (exact) mass is 273 g/mol. The van der Waals surface area contributed by atoms with Gasteiger partial charge in [-0.15, -0.1) is 0 Å². The summed E-state index contributed by atoms with van der Waals surface area (Å²) < 4.78 is 11.5. The van der Waals surface area contributed by atoms with Crippen molar-refractivity contribution in [1.29, 1.82) is 0 Å². The van der Waals surface area contributed by atoms with E-state index in [1.165, 1.54) is 0 Å². The van der Waals surface area contributed by atoms with Crippen LogP contribution in [-0.2, 0) is 13.2 Å². The maximum Gasteiger partial charge on any atom is 0.146 e. The predicted molar refractivity (Wildman–Crippen MR) is 80.8 cm³/mol. The highest BCUT2D eigenvalue weighted by molar-refractivity contribution is 5.31. The standard InChI is InChI=1S/C17H23NO2/c1-13(2)10-18-11-15-8-9-16(20-15)12-19-17-7-5-4-6-14(17)3/h4-9,13,18H,10-12H2,1-3H3. The summed E-state index contributed by atoms with van der Waals surface area (Å²) in [5.74, 6) is 3.36. The Morgan fingerprint density at radius 1 is 1.10 bits per heavy atom. The summed E-state index contributed by atoms with van der Waals surface area (Å²) in [6, 6.07) is 12.0. The Labute approximate surface area is 121 Å². The SMILES string of the molecule is Cc1ccccc1OCc1ccc(CNCC(C)C)o1. The average Bonchev–Trinajstić information content (AvgIpc) is 2.85. The Bertz CT molecular complexity index is 531. The number of benzene rings is 1. The second-order valence-electron chi connectivity index (χ2n) is 5.45. The second kappa shape index (κ2) is 7.15. The number of furan rings is 1. The molecule has 0 radical (unpaired) electrons. The molecular formula is C17H23NO2. The summed E-state index contributed by atoms with van der Waals surface area (Å²) in [6.07, 6.45) is 0. The first-order chi connectivity index (χ1) is 9.65. The van der Waals surface area contributed by atoms with Crippen molar-refractivity contribution in [3.63, 3.8) is 0 Å². The highest BCUT2D eigenvalue weighted by atomic mass is 16.5. The molecule has 0 aliphatic rings. The number of ether oxygens (including phenoxy) is 1. The van der Waals surface area contributed by atoms with Gasteiger partial charge in [-0.1, -0.05) is 32.0 Å². The lowest BCUT2D eigenvalue weighted by Crippen LogP contribution is -2.18. The molecule has 1 N–H and O–H groups in total. The van der Waals surface area contributed by atoms with E-state index in [0.717, 1.165) is 35.9 Å². The highest BCUT2D eigenvalue weighted by Gasteiger charge is 2.04. The molecule has 0 bridgehead atoms. The van der Waals surface area contributed by atoms with Crippen LogP contribution in [0.2, 0.25) is 0 Å². The quantitative estimate of drug-likeness (QED) is 0.830. The summed E-state index contributed by atoms with van der Waals surface area (Å²) in [4.78, 5) is 0. The van der Waals surface area contributed by atoms with Gasteiger partial charge in [-0.3, -0.25) is 0 Å². The number of nitrogens with one attached hydrogen (secondary N) is 1. The Morgan fingerprint density at radius 2 is 1.85 bits per heavy atom. The van der Waals surface area contributed by atoms with E-state index in [1.807, 2.05) is 43.3 Å². The molecule has 20 heavy (non-hydrogen) atoms. The van der Waals surface area contributed by atoms with Crippen LogP contribution >= 0.6 is 0 Å². The Balaban J connectivity index is 1.82. The van der Waals surface area contributed by atoms with Crippen molar-refractivity contribution in [3.8, 4) is 5.75 Å². The van der Waals surface area contributed by atoms with Gasteiger partial charge < -0.3 is 14.5 Å². The minimum atomic E-state index is 0.467. The third-order valence-corrected chi connectivity index (χ3v) is 3.03. The maximum absolute atomic E-state index is 5.76. The summed E-state index contributed by atoms with van der Waals surface area (Å²) in [5.41, 5.74) is 1.14. The highest BCUT2D eigenvalue weighted by Crippen LogP contribution is 2.18. The first-order valence-electron chi connectivity index (χ1n) is 7.12. The van der Waals surface area contributed by atoms with Crippen molar-refractivity contribution in [3.05, 3.63) is 53.5 Å². The van der Waals surface area contributed by atoms with E-state index in [2.05, 4.69) is 19.2 Å². The van der Waals surface area contributed by atoms with Crippen LogP contribution in [0.25, 0.3) is 0 Å². The van der Waals surface area contributed by atoms with E-state index < -0.39 is 0 Å². The average molecular weight is 273 g/mol. The second-order valence-corrected chi connectivity index (χ2v) is 5.45. The van der Waals surface area contributed by atoms with Gasteiger partial charge >= 0.3 is 0 Å². The molecule has 0 amide bonds. The zero-order chi connectivity index (χ0) is 14.4. The molecule has 1 aromatic carbocycles. The van der Waals surface area contributed by atoms with E-state index >= 15 is 0 Å². The summed E-state index contributed by atoms with van der Waals surface area (Å²) in [5, 5.41) is 3.36. The van der Waals surface area contributed by atoms with Gasteiger partial charge in [0, 0.05) is 0 Å². The summed E-state index contributed by atoms with van der Waals surface area (Å²) >= 11 is 0. The molecule has 1 heterocycles. The van der Waals surface area contributed by atoms with Crippen LogP contribution in [0, 0.1) is 12.8 Å². The van der Waals surface area contributed by atoms with Crippen LogP contribution in [-0.4, -0.2) is 6.54 Å². The predicted octanol–water partition coefficient (Wildman–Crippen LogP) is 3.91. The van der Waals surface area contributed by atoms with Gasteiger partial charge in [0.2, 0.25) is 0 Å². The fraction of sp³-hybridized carbons (Fsp3) is 0.412. The van der Waals surface area contributed by atoms with Crippen LogP contribution in [0.1, 0.15) is 30.9 Å². The fourth-order valence-corrected chi connectivity index (χ4v) is 1.95. The minimum absolute atomic E-state index is 0.467. The van der Waals surface area contributed by atoms with E-state index in [-0.39, 0.29) is 0 Å². The van der Waals surface area contributed by atoms with Crippen LogP contribution in [0.3, 0.4) is 0 Å². The Morgan fingerprint density at radius 3 is 2.60 bits per heavy atom. The fourth-order valence-electron chi connectivity index (χ4n) is 1.95. The van der Waals surface area contributed by atoms with Crippen molar-refractivity contribution in [2.75, 3.05) is 6.54 Å². The lowest BCUT2D eigenvalue weighted by Gasteiger charge is -2.07. The molecule has 0 atom stereocenters. The third kappa shape index (κ3) is 4.42. The molecule has 0 spiro atoms. The molecule has 3 heteroatoms. The molecule has 1 aromatic heterocycles. The van der Waals surface area contributed by atoms with Crippen LogP contribution < -0.4 is 10.1 Å². The molecule has 0 aliphatic heterocycles. The molecule has 0 unspecified atom stereocenters. The topological polar surface area (TPSA) is 34.4 Å². The van der Waals surface area contributed by atoms with Gasteiger partial charge in [-0.25, -0.2) is 0 Å². The maximum atomic E-state index is 5.76. The zero-order valence-corrected chi connectivity index (χ0v) is 12.5. The number of aryl methyl sites for hydroxylation is 1. The van der Waals surface area contributed by atoms with Gasteiger partial charge in [0.05, 0.1) is 6.54 Å². The molecule has 0 fully saturated rings. The number of hydrogen-bond donors (Lipinski definition) is 1. The van der Waals surface area contributed by atoms with Crippen molar-refractivity contribution < 1.29 is 9.15 Å². The van der Waals surface area contributed by atoms with Gasteiger partial charge in [0.1, 0.15) is 23.9 Å². The van der Waals surface area contributed by atoms with Gasteiger partial charge in [0.25, 0.3) is 0 Å². The van der Waals surface area contributed by atoms with Gasteiger partial charge in [0.15, 0.2) is 0 Å². The van der Waals surface area contributed by atoms with Crippen LogP contribution in [0.4, 0.5) is 0 Å². The number of hydrogen-bond acceptors (Lipinski definition) is 3. The lowest BCUT2D eigenvalue weighted by atomic mass is 10.2.